The summed E-state index contributed by atoms with van der Waals surface area (Å²) in [5.74, 6) is -0.320. The first-order valence-corrected chi connectivity index (χ1v) is 7.23. The molecule has 0 aliphatic carbocycles. The summed E-state index contributed by atoms with van der Waals surface area (Å²) in [6, 6.07) is 0. The van der Waals surface area contributed by atoms with Gasteiger partial charge in [0.15, 0.2) is 11.6 Å². The van der Waals surface area contributed by atoms with Crippen LogP contribution in [0.4, 0.5) is 11.5 Å². The van der Waals surface area contributed by atoms with E-state index in [9.17, 15) is 14.7 Å². The lowest BCUT2D eigenvalue weighted by molar-refractivity contribution is 0.0525. The van der Waals surface area contributed by atoms with Crippen LogP contribution in [0, 0.1) is 20.8 Å². The van der Waals surface area contributed by atoms with E-state index in [0.717, 1.165) is 4.57 Å². The van der Waals surface area contributed by atoms with E-state index >= 15 is 0 Å². The molecule has 0 unspecified atom stereocenters. The van der Waals surface area contributed by atoms with Crippen molar-refractivity contribution >= 4 is 17.5 Å². The molecule has 0 spiro atoms. The number of ether oxygens (including phenoxy) is 1. The van der Waals surface area contributed by atoms with Gasteiger partial charge < -0.3 is 14.4 Å². The lowest BCUT2D eigenvalue weighted by Gasteiger charge is -2.12. The highest BCUT2D eigenvalue weighted by Crippen LogP contribution is 2.28. The van der Waals surface area contributed by atoms with Crippen molar-refractivity contribution in [2.24, 2.45) is 17.3 Å². The molecule has 0 saturated carbocycles. The van der Waals surface area contributed by atoms with Gasteiger partial charge in [-0.1, -0.05) is 5.16 Å². The van der Waals surface area contributed by atoms with Gasteiger partial charge in [-0.15, -0.1) is 10.2 Å². The molecule has 2 rings (SSSR count). The largest absolute Gasteiger partial charge is 0.494 e. The number of aryl methyl sites for hydroxylation is 1. The Bertz CT molecular complexity index is 879. The Kier molecular flexibility index (Phi) is 4.82. The standard InChI is InChI=1S/C15H18N4O5/c1-6-23-15(22)10-8(3)13(20)19(5)14(21)11(10)16-17-12-7(2)9(4)24-18-12/h20H,6H2,1-5H3. The molecule has 2 aromatic rings. The van der Waals surface area contributed by atoms with Crippen LogP contribution in [0.2, 0.25) is 0 Å². The first-order valence-electron chi connectivity index (χ1n) is 7.23. The molecule has 0 aromatic carbocycles. The predicted octanol–water partition coefficient (Wildman–Crippen LogP) is 2.60. The van der Waals surface area contributed by atoms with Crippen molar-refractivity contribution in [3.63, 3.8) is 0 Å². The van der Waals surface area contributed by atoms with E-state index in [0.29, 0.717) is 11.3 Å². The van der Waals surface area contributed by atoms with Gasteiger partial charge >= 0.3 is 5.97 Å². The van der Waals surface area contributed by atoms with Crippen LogP contribution in [0.3, 0.4) is 0 Å². The van der Waals surface area contributed by atoms with Gasteiger partial charge in [0.2, 0.25) is 5.82 Å². The fourth-order valence-corrected chi connectivity index (χ4v) is 2.05. The molecule has 0 atom stereocenters. The zero-order valence-electron chi connectivity index (χ0n) is 14.1. The molecule has 0 radical (unpaired) electrons. The monoisotopic (exact) mass is 334 g/mol. The van der Waals surface area contributed by atoms with Crippen molar-refractivity contribution in [2.45, 2.75) is 27.7 Å². The van der Waals surface area contributed by atoms with Crippen LogP contribution in [-0.4, -0.2) is 27.4 Å². The van der Waals surface area contributed by atoms with Gasteiger partial charge in [0.25, 0.3) is 5.56 Å². The quantitative estimate of drug-likeness (QED) is 0.678. The van der Waals surface area contributed by atoms with Crippen LogP contribution in [0.25, 0.3) is 0 Å². The Balaban J connectivity index is 2.65. The number of hydrogen-bond acceptors (Lipinski definition) is 8. The number of pyridine rings is 1. The van der Waals surface area contributed by atoms with Crippen LogP contribution in [0.1, 0.15) is 34.2 Å². The Morgan fingerprint density at radius 2 is 1.96 bits per heavy atom. The number of esters is 1. The van der Waals surface area contributed by atoms with E-state index < -0.39 is 11.5 Å². The van der Waals surface area contributed by atoms with Gasteiger partial charge in [-0.2, -0.15) is 0 Å². The minimum atomic E-state index is -0.759. The number of carbonyl (C=O) groups excluding carboxylic acids is 1. The summed E-state index contributed by atoms with van der Waals surface area (Å²) in [4.78, 5) is 24.5. The zero-order chi connectivity index (χ0) is 18.0. The molecular weight excluding hydrogens is 316 g/mol. The normalized spacial score (nSPS) is 11.2. The molecular formula is C15H18N4O5. The summed E-state index contributed by atoms with van der Waals surface area (Å²) in [6.07, 6.45) is 0. The molecule has 9 heteroatoms. The molecule has 0 amide bonds. The fraction of sp³-hybridized carbons (Fsp3) is 0.400. The third-order valence-corrected chi connectivity index (χ3v) is 3.63. The molecule has 2 heterocycles. The summed E-state index contributed by atoms with van der Waals surface area (Å²) in [5.41, 5.74) is -0.186. The molecule has 0 aliphatic rings. The number of aromatic hydroxyl groups is 1. The highest BCUT2D eigenvalue weighted by atomic mass is 16.5. The number of hydrogen-bond donors (Lipinski definition) is 1. The first kappa shape index (κ1) is 17.4. The number of carbonyl (C=O) groups is 1. The lowest BCUT2D eigenvalue weighted by atomic mass is 10.1. The molecule has 0 aliphatic heterocycles. The van der Waals surface area contributed by atoms with Crippen molar-refractivity contribution in [1.29, 1.82) is 0 Å². The average Bonchev–Trinajstić information content (AvgIpc) is 2.87. The lowest BCUT2D eigenvalue weighted by Crippen LogP contribution is -2.21. The second kappa shape index (κ2) is 6.65. The molecule has 1 N–H and O–H groups in total. The highest BCUT2D eigenvalue weighted by Gasteiger charge is 2.24. The van der Waals surface area contributed by atoms with Crippen molar-refractivity contribution < 1.29 is 19.2 Å². The van der Waals surface area contributed by atoms with Gasteiger partial charge in [0.1, 0.15) is 11.3 Å². The van der Waals surface area contributed by atoms with Gasteiger partial charge in [-0.3, -0.25) is 9.36 Å². The molecule has 24 heavy (non-hydrogen) atoms. The van der Waals surface area contributed by atoms with Crippen LogP contribution in [0.15, 0.2) is 19.5 Å². The minimum Gasteiger partial charge on any atom is -0.494 e. The topological polar surface area (TPSA) is 119 Å². The third-order valence-electron chi connectivity index (χ3n) is 3.63. The Morgan fingerprint density at radius 1 is 1.29 bits per heavy atom. The van der Waals surface area contributed by atoms with Gasteiger partial charge in [0.05, 0.1) is 6.61 Å². The smallest absolute Gasteiger partial charge is 0.341 e. The minimum absolute atomic E-state index is 0.117. The average molecular weight is 334 g/mol. The molecule has 9 nitrogen and oxygen atoms in total. The predicted molar refractivity (Wildman–Crippen MR) is 84.2 cm³/mol. The van der Waals surface area contributed by atoms with Crippen LogP contribution >= 0.6 is 0 Å². The molecule has 128 valence electrons. The summed E-state index contributed by atoms with van der Waals surface area (Å²) >= 11 is 0. The molecule has 0 fully saturated rings. The SMILES string of the molecule is CCOC(=O)c1c(C)c(O)n(C)c(=O)c1N=Nc1noc(C)c1C. The second-order valence-corrected chi connectivity index (χ2v) is 5.14. The molecule has 0 bridgehead atoms. The van der Waals surface area contributed by atoms with Crippen molar-refractivity contribution in [3.8, 4) is 5.88 Å². The maximum Gasteiger partial charge on any atom is 0.341 e. The van der Waals surface area contributed by atoms with Gasteiger partial charge in [-0.25, -0.2) is 4.79 Å². The summed E-state index contributed by atoms with van der Waals surface area (Å²) < 4.78 is 10.9. The Hall–Kier alpha value is -2.97. The maximum absolute atomic E-state index is 12.4. The highest BCUT2D eigenvalue weighted by molar-refractivity contribution is 5.96. The molecule has 2 aromatic heterocycles. The number of azo groups is 1. The summed E-state index contributed by atoms with van der Waals surface area (Å²) in [5, 5.41) is 21.5. The maximum atomic E-state index is 12.4. The van der Waals surface area contributed by atoms with Crippen LogP contribution in [0.5, 0.6) is 5.88 Å². The van der Waals surface area contributed by atoms with E-state index in [1.54, 1.807) is 20.8 Å². The number of rotatable bonds is 4. The number of nitrogens with zero attached hydrogens (tertiary/aromatic N) is 4. The number of aromatic nitrogens is 2. The Labute approximate surface area is 137 Å². The van der Waals surface area contributed by atoms with E-state index in [-0.39, 0.29) is 35.1 Å². The molecule has 0 saturated heterocycles. The fourth-order valence-electron chi connectivity index (χ4n) is 2.05. The van der Waals surface area contributed by atoms with Crippen molar-refractivity contribution in [1.82, 2.24) is 9.72 Å². The van der Waals surface area contributed by atoms with Crippen molar-refractivity contribution in [2.75, 3.05) is 6.61 Å². The third kappa shape index (κ3) is 2.92. The van der Waals surface area contributed by atoms with E-state index in [4.69, 9.17) is 9.26 Å². The van der Waals surface area contributed by atoms with E-state index in [1.165, 1.54) is 14.0 Å². The van der Waals surface area contributed by atoms with E-state index in [1.807, 2.05) is 0 Å². The van der Waals surface area contributed by atoms with Gasteiger partial charge in [-0.05, 0) is 27.7 Å². The Morgan fingerprint density at radius 3 is 2.50 bits per heavy atom. The summed E-state index contributed by atoms with van der Waals surface area (Å²) in [7, 11) is 1.37. The van der Waals surface area contributed by atoms with Crippen LogP contribution in [-0.2, 0) is 11.8 Å². The van der Waals surface area contributed by atoms with Gasteiger partial charge in [0, 0.05) is 18.2 Å². The second-order valence-electron chi connectivity index (χ2n) is 5.14. The van der Waals surface area contributed by atoms with E-state index in [2.05, 4.69) is 15.4 Å². The summed E-state index contributed by atoms with van der Waals surface area (Å²) in [6.45, 7) is 6.70. The van der Waals surface area contributed by atoms with Crippen molar-refractivity contribution in [3.05, 3.63) is 32.8 Å². The van der Waals surface area contributed by atoms with Crippen LogP contribution < -0.4 is 5.56 Å². The zero-order valence-corrected chi connectivity index (χ0v) is 14.1. The first-order chi connectivity index (χ1) is 11.3.